The van der Waals surface area contributed by atoms with Crippen LogP contribution in [-0.4, -0.2) is 13.1 Å². The first-order valence-electron chi connectivity index (χ1n) is 6.84. The summed E-state index contributed by atoms with van der Waals surface area (Å²) in [5.41, 5.74) is 2.96. The molecule has 0 heterocycles. The van der Waals surface area contributed by atoms with Crippen molar-refractivity contribution in [3.63, 3.8) is 0 Å². The van der Waals surface area contributed by atoms with Gasteiger partial charge in [-0.15, -0.1) is 0 Å². The Morgan fingerprint density at radius 1 is 1.17 bits per heavy atom. The predicted octanol–water partition coefficient (Wildman–Crippen LogP) is -0.650. The molecule has 0 saturated carbocycles. The van der Waals surface area contributed by atoms with Gasteiger partial charge in [0.25, 0.3) is 0 Å². The number of carbonyl (C=O) groups excluding carboxylic acids is 1. The van der Waals surface area contributed by atoms with Crippen LogP contribution in [0.1, 0.15) is 16.7 Å². The van der Waals surface area contributed by atoms with Crippen LogP contribution in [0.2, 0.25) is 0 Å². The molecule has 0 atom stereocenters. The molecule has 2 rings (SSSR count). The molecule has 0 aliphatic heterocycles. The van der Waals surface area contributed by atoms with E-state index in [4.69, 9.17) is 9.47 Å². The molecule has 2 aromatic carbocycles. The van der Waals surface area contributed by atoms with Gasteiger partial charge in [-0.05, 0) is 41.8 Å². The maximum atomic E-state index is 10.4. The quantitative estimate of drug-likeness (QED) is 0.524. The van der Waals surface area contributed by atoms with Crippen LogP contribution in [0, 0.1) is 6.92 Å². The summed E-state index contributed by atoms with van der Waals surface area (Å²) >= 11 is 0. The van der Waals surface area contributed by atoms with Crippen molar-refractivity contribution in [2.24, 2.45) is 0 Å². The predicted molar refractivity (Wildman–Crippen MR) is 82.5 cm³/mol. The molecule has 0 spiro atoms. The van der Waals surface area contributed by atoms with Crippen LogP contribution in [0.3, 0.4) is 0 Å². The minimum atomic E-state index is -1.24. The summed E-state index contributed by atoms with van der Waals surface area (Å²) in [7, 11) is 1.54. The number of rotatable bonds is 6. The van der Waals surface area contributed by atoms with Crippen LogP contribution in [-0.2, 0) is 11.4 Å². The van der Waals surface area contributed by atoms with Gasteiger partial charge in [-0.1, -0.05) is 36.4 Å². The van der Waals surface area contributed by atoms with Crippen LogP contribution in [0.5, 0.6) is 11.5 Å². The molecule has 0 amide bonds. The summed E-state index contributed by atoms with van der Waals surface area (Å²) < 4.78 is 11.1. The van der Waals surface area contributed by atoms with E-state index in [0.717, 1.165) is 17.2 Å². The van der Waals surface area contributed by atoms with Crippen LogP contribution in [0.4, 0.5) is 0 Å². The molecule has 0 radical (unpaired) electrons. The van der Waals surface area contributed by atoms with Crippen molar-refractivity contribution < 1.29 is 48.9 Å². The summed E-state index contributed by atoms with van der Waals surface area (Å²) in [6.45, 7) is 2.47. The third-order valence-corrected chi connectivity index (χ3v) is 3.24. The van der Waals surface area contributed by atoms with Crippen molar-refractivity contribution in [1.29, 1.82) is 0 Å². The fourth-order valence-electron chi connectivity index (χ4n) is 2.00. The van der Waals surface area contributed by atoms with Gasteiger partial charge in [-0.3, -0.25) is 0 Å². The topological polar surface area (TPSA) is 58.6 Å². The molecule has 0 saturated heterocycles. The van der Waals surface area contributed by atoms with Crippen LogP contribution in [0.25, 0.3) is 6.08 Å². The Balaban J connectivity index is 0.00000264. The molecule has 4 nitrogen and oxygen atoms in total. The number of hydrogen-bond donors (Lipinski definition) is 0. The Kier molecular flexibility index (Phi) is 7.89. The average Bonchev–Trinajstić information content (AvgIpc) is 2.52. The van der Waals surface area contributed by atoms with Crippen molar-refractivity contribution in [2.75, 3.05) is 7.11 Å². The molecular weight excluding hydrogens is 303 g/mol. The van der Waals surface area contributed by atoms with Crippen LogP contribution >= 0.6 is 0 Å². The Bertz CT molecular complexity index is 695. The molecule has 0 aliphatic carbocycles. The van der Waals surface area contributed by atoms with Gasteiger partial charge >= 0.3 is 29.6 Å². The minimum absolute atomic E-state index is 0. The van der Waals surface area contributed by atoms with Gasteiger partial charge in [-0.25, -0.2) is 0 Å². The van der Waals surface area contributed by atoms with Gasteiger partial charge in [-0.2, -0.15) is 0 Å². The van der Waals surface area contributed by atoms with E-state index >= 15 is 0 Å². The van der Waals surface area contributed by atoms with Crippen molar-refractivity contribution >= 4 is 12.0 Å². The van der Waals surface area contributed by atoms with E-state index < -0.39 is 5.97 Å². The molecule has 2 aromatic rings. The number of carbonyl (C=O) groups is 1. The largest absolute Gasteiger partial charge is 1.00 e. The number of hydrogen-bond acceptors (Lipinski definition) is 4. The zero-order valence-electron chi connectivity index (χ0n) is 13.5. The Morgan fingerprint density at radius 2 is 1.91 bits per heavy atom. The molecule has 5 heteroatoms. The number of benzene rings is 2. The van der Waals surface area contributed by atoms with Gasteiger partial charge in [0.05, 0.1) is 13.1 Å². The summed E-state index contributed by atoms with van der Waals surface area (Å²) in [6.07, 6.45) is 2.42. The van der Waals surface area contributed by atoms with E-state index in [1.54, 1.807) is 25.3 Å². The summed E-state index contributed by atoms with van der Waals surface area (Å²) in [5.74, 6) is -0.0794. The molecule has 0 aliphatic rings. The minimum Gasteiger partial charge on any atom is -0.545 e. The van der Waals surface area contributed by atoms with E-state index in [1.807, 2.05) is 31.2 Å². The number of ether oxygens (including phenoxy) is 2. The fraction of sp³-hybridized carbons (Fsp3) is 0.167. The van der Waals surface area contributed by atoms with E-state index in [9.17, 15) is 9.90 Å². The second-order valence-corrected chi connectivity index (χ2v) is 4.78. The van der Waals surface area contributed by atoms with E-state index in [2.05, 4.69) is 0 Å². The molecular formula is C18H17NaO4. The first-order chi connectivity index (χ1) is 10.6. The Hall–Kier alpha value is -1.75. The smallest absolute Gasteiger partial charge is 0.545 e. The summed E-state index contributed by atoms with van der Waals surface area (Å²) in [6, 6.07) is 13.2. The molecule has 0 unspecified atom stereocenters. The maximum absolute atomic E-state index is 10.4. The standard InChI is InChI=1S/C18H18O4.Na/c1-13-5-3-4-6-15(13)12-22-16-9-7-14(8-10-18(19)20)11-17(16)21-2;/h3-11H,12H2,1-2H3,(H,19,20);/q;+1/p-1/b10-8+;. The molecule has 0 fully saturated rings. The van der Waals surface area contributed by atoms with Gasteiger partial charge in [0.1, 0.15) is 6.61 Å². The number of carboxylic acid groups (broad SMARTS) is 1. The zero-order valence-corrected chi connectivity index (χ0v) is 15.5. The number of carboxylic acids is 1. The third-order valence-electron chi connectivity index (χ3n) is 3.24. The van der Waals surface area contributed by atoms with E-state index in [1.165, 1.54) is 6.08 Å². The first-order valence-corrected chi connectivity index (χ1v) is 6.84. The summed E-state index contributed by atoms with van der Waals surface area (Å²) in [4.78, 5) is 10.4. The Morgan fingerprint density at radius 3 is 2.57 bits per heavy atom. The normalized spacial score (nSPS) is 10.2. The number of methoxy groups -OCH3 is 1. The zero-order chi connectivity index (χ0) is 15.9. The second kappa shape index (κ2) is 9.40. The van der Waals surface area contributed by atoms with Crippen molar-refractivity contribution in [2.45, 2.75) is 13.5 Å². The maximum Gasteiger partial charge on any atom is 1.00 e. The van der Waals surface area contributed by atoms with Crippen molar-refractivity contribution in [3.8, 4) is 11.5 Å². The van der Waals surface area contributed by atoms with Gasteiger partial charge in [0, 0.05) is 0 Å². The van der Waals surface area contributed by atoms with Crippen LogP contribution < -0.4 is 44.1 Å². The Labute approximate surface area is 158 Å². The van der Waals surface area contributed by atoms with Gasteiger partial charge in [0.15, 0.2) is 11.5 Å². The molecule has 0 bridgehead atoms. The van der Waals surface area contributed by atoms with Gasteiger partial charge < -0.3 is 19.4 Å². The molecule has 114 valence electrons. The summed E-state index contributed by atoms with van der Waals surface area (Å²) in [5, 5.41) is 10.4. The number of aryl methyl sites for hydroxylation is 1. The SMILES string of the molecule is COc1cc(/C=C/C(=O)[O-])ccc1OCc1ccccc1C.[Na+]. The third kappa shape index (κ3) is 5.75. The molecule has 23 heavy (non-hydrogen) atoms. The van der Waals surface area contributed by atoms with Crippen LogP contribution in [0.15, 0.2) is 48.5 Å². The average molecular weight is 320 g/mol. The number of aliphatic carboxylic acids is 1. The van der Waals surface area contributed by atoms with E-state index in [0.29, 0.717) is 23.7 Å². The monoisotopic (exact) mass is 320 g/mol. The molecule has 0 aromatic heterocycles. The van der Waals surface area contributed by atoms with Gasteiger partial charge in [0.2, 0.25) is 0 Å². The van der Waals surface area contributed by atoms with Crippen molar-refractivity contribution in [3.05, 3.63) is 65.2 Å². The van der Waals surface area contributed by atoms with E-state index in [-0.39, 0.29) is 29.6 Å². The second-order valence-electron chi connectivity index (χ2n) is 4.78. The molecule has 0 N–H and O–H groups in total. The first kappa shape index (κ1) is 19.3. The van der Waals surface area contributed by atoms with Crippen molar-refractivity contribution in [1.82, 2.24) is 0 Å². The fourth-order valence-corrected chi connectivity index (χ4v) is 2.00.